The average Bonchev–Trinajstić information content (AvgIpc) is 1.84. The minimum atomic E-state index is -4.67. The molecule has 0 aromatic carbocycles. The lowest BCUT2D eigenvalue weighted by Gasteiger charge is -2.03. The van der Waals surface area contributed by atoms with Crippen LogP contribution in [0.15, 0.2) is 0 Å². The first-order valence-corrected chi connectivity index (χ1v) is 2.46. The number of hydrogen-bond donors (Lipinski definition) is 1. The monoisotopic (exact) mass is 188 g/mol. The average molecular weight is 188 g/mol. The van der Waals surface area contributed by atoms with Gasteiger partial charge in [-0.05, 0) is 0 Å². The van der Waals surface area contributed by atoms with E-state index in [-0.39, 0.29) is 0 Å². The van der Waals surface area contributed by atoms with Crippen LogP contribution in [0.1, 0.15) is 0 Å². The van der Waals surface area contributed by atoms with Crippen LogP contribution in [0.5, 0.6) is 0 Å². The van der Waals surface area contributed by atoms with Gasteiger partial charge in [-0.15, -0.1) is 0 Å². The van der Waals surface area contributed by atoms with Gasteiger partial charge in [0.15, 0.2) is 6.61 Å². The molecule has 1 N–H and O–H groups in total. The molecule has 0 aliphatic carbocycles. The van der Waals surface area contributed by atoms with Crippen molar-refractivity contribution in [2.24, 2.45) is 0 Å². The fraction of sp³-hybridized carbons (Fsp3) is 0.500. The van der Waals surface area contributed by atoms with Gasteiger partial charge in [0.1, 0.15) is 0 Å². The van der Waals surface area contributed by atoms with Gasteiger partial charge in [0.25, 0.3) is 0 Å². The Bertz CT molecular complexity index is 186. The zero-order chi connectivity index (χ0) is 9.78. The third-order valence-electron chi connectivity index (χ3n) is 0.532. The van der Waals surface area contributed by atoms with Crippen LogP contribution in [0, 0.1) is 0 Å². The van der Waals surface area contributed by atoms with Gasteiger partial charge in [0.05, 0.1) is 0 Å². The Morgan fingerprint density at radius 2 is 1.83 bits per heavy atom. The number of hydrogen-bond acceptors (Lipinski definition) is 4. The molecule has 0 rings (SSSR count). The van der Waals surface area contributed by atoms with Crippen LogP contribution in [0.25, 0.3) is 0 Å². The second-order valence-corrected chi connectivity index (χ2v) is 1.55. The quantitative estimate of drug-likeness (QED) is 0.378. The Kier molecular flexibility index (Phi) is 3.48. The van der Waals surface area contributed by atoms with Gasteiger partial charge in [-0.3, -0.25) is 4.89 Å². The molecular weight excluding hydrogens is 185 g/mol. The molecule has 0 unspecified atom stereocenters. The fourth-order valence-corrected chi connectivity index (χ4v) is 0.185. The van der Waals surface area contributed by atoms with E-state index in [1.54, 1.807) is 0 Å². The Balaban J connectivity index is 3.58. The Hall–Kier alpha value is -1.31. The maximum absolute atomic E-state index is 11.2. The summed E-state index contributed by atoms with van der Waals surface area (Å²) < 4.78 is 33.7. The first kappa shape index (κ1) is 10.7. The van der Waals surface area contributed by atoms with Crippen LogP contribution >= 0.6 is 0 Å². The van der Waals surface area contributed by atoms with E-state index in [2.05, 4.69) is 9.78 Å². The second-order valence-electron chi connectivity index (χ2n) is 1.55. The molecule has 0 amide bonds. The van der Waals surface area contributed by atoms with Gasteiger partial charge >= 0.3 is 18.1 Å². The van der Waals surface area contributed by atoms with Crippen molar-refractivity contribution in [2.45, 2.75) is 6.18 Å². The molecule has 0 heterocycles. The van der Waals surface area contributed by atoms with Crippen molar-refractivity contribution in [1.82, 2.24) is 0 Å². The molecule has 0 aromatic heterocycles. The maximum Gasteiger partial charge on any atom is 0.449 e. The first-order valence-electron chi connectivity index (χ1n) is 2.46. The lowest BCUT2D eigenvalue weighted by molar-refractivity contribution is -0.315. The van der Waals surface area contributed by atoms with E-state index in [4.69, 9.17) is 5.11 Å². The molecule has 5 nitrogen and oxygen atoms in total. The van der Waals surface area contributed by atoms with Crippen LogP contribution in [-0.2, 0) is 19.4 Å². The Morgan fingerprint density at radius 3 is 2.17 bits per heavy atom. The number of halogens is 3. The summed E-state index contributed by atoms with van der Waals surface area (Å²) in [4.78, 5) is 26.0. The molecule has 8 heteroatoms. The summed E-state index contributed by atoms with van der Waals surface area (Å²) in [5, 5.41) is 7.78. The van der Waals surface area contributed by atoms with Crippen molar-refractivity contribution in [3.05, 3.63) is 0 Å². The van der Waals surface area contributed by atoms with Gasteiger partial charge in [-0.25, -0.2) is 9.59 Å². The first-order chi connectivity index (χ1) is 5.33. The molecule has 0 aliphatic heterocycles. The molecule has 0 aromatic rings. The summed E-state index contributed by atoms with van der Waals surface area (Å²) in [6, 6.07) is 0. The number of alkyl halides is 3. The summed E-state index contributed by atoms with van der Waals surface area (Å²) in [6.45, 7) is -1.84. The molecule has 0 aliphatic rings. The smallest absolute Gasteiger partial charge is 0.449 e. The third-order valence-corrected chi connectivity index (χ3v) is 0.532. The minimum absolute atomic E-state index is 1.84. The predicted molar refractivity (Wildman–Crippen MR) is 25.7 cm³/mol. The van der Waals surface area contributed by atoms with Gasteiger partial charge in [-0.2, -0.15) is 18.1 Å². The highest BCUT2D eigenvalue weighted by molar-refractivity contribution is 6.28. The number of carbonyl (C=O) groups excluding carboxylic acids is 1. The number of rotatable bonds is 2. The van der Waals surface area contributed by atoms with E-state index in [0.29, 0.717) is 0 Å². The molecule has 0 saturated heterocycles. The van der Waals surface area contributed by atoms with Gasteiger partial charge in [-0.1, -0.05) is 0 Å². The topological polar surface area (TPSA) is 72.8 Å². The Morgan fingerprint density at radius 1 is 1.33 bits per heavy atom. The van der Waals surface area contributed by atoms with E-state index < -0.39 is 24.7 Å². The lowest BCUT2D eigenvalue weighted by atomic mass is 10.7. The molecule has 0 bridgehead atoms. The van der Waals surface area contributed by atoms with Gasteiger partial charge < -0.3 is 5.11 Å². The number of carboxylic acids is 1. The van der Waals surface area contributed by atoms with E-state index in [1.165, 1.54) is 0 Å². The number of aliphatic carboxylic acids is 1. The van der Waals surface area contributed by atoms with Crippen LogP contribution in [0.2, 0.25) is 0 Å². The molecular formula is C4H3F3O5. The summed E-state index contributed by atoms with van der Waals surface area (Å²) in [5.74, 6) is -3.93. The molecule has 0 atom stereocenters. The zero-order valence-electron chi connectivity index (χ0n) is 5.42. The molecule has 70 valence electrons. The highest BCUT2D eigenvalue weighted by Crippen LogP contribution is 2.14. The van der Waals surface area contributed by atoms with E-state index in [0.717, 1.165) is 0 Å². The molecule has 12 heavy (non-hydrogen) atoms. The summed E-state index contributed by atoms with van der Waals surface area (Å²) in [6.07, 6.45) is -4.67. The van der Waals surface area contributed by atoms with E-state index in [1.807, 2.05) is 0 Å². The van der Waals surface area contributed by atoms with E-state index >= 15 is 0 Å². The van der Waals surface area contributed by atoms with Crippen molar-refractivity contribution in [1.29, 1.82) is 0 Å². The predicted octanol–water partition coefficient (Wildman–Crippen LogP) is 0.108. The van der Waals surface area contributed by atoms with Crippen LogP contribution in [0.4, 0.5) is 13.2 Å². The normalized spacial score (nSPS) is 10.9. The molecule has 0 fully saturated rings. The standard InChI is InChI=1S/C4H3F3O5/c5-4(6,7)1-11-12-3(10)2(8)9/h1H2,(H,8,9). The van der Waals surface area contributed by atoms with Crippen molar-refractivity contribution in [3.8, 4) is 0 Å². The summed E-state index contributed by atoms with van der Waals surface area (Å²) in [5.41, 5.74) is 0. The van der Waals surface area contributed by atoms with Crippen LogP contribution in [0.3, 0.4) is 0 Å². The van der Waals surface area contributed by atoms with Crippen molar-refractivity contribution in [3.63, 3.8) is 0 Å². The van der Waals surface area contributed by atoms with Gasteiger partial charge in [0.2, 0.25) is 0 Å². The third kappa shape index (κ3) is 5.47. The molecule has 0 spiro atoms. The Labute approximate surface area is 63.6 Å². The van der Waals surface area contributed by atoms with Crippen LogP contribution in [-0.4, -0.2) is 29.8 Å². The SMILES string of the molecule is O=C(O)C(=O)OOCC(F)(F)F. The van der Waals surface area contributed by atoms with Gasteiger partial charge in [0, 0.05) is 0 Å². The highest BCUT2D eigenvalue weighted by Gasteiger charge is 2.29. The van der Waals surface area contributed by atoms with Crippen LogP contribution < -0.4 is 0 Å². The zero-order valence-corrected chi connectivity index (χ0v) is 5.42. The molecule has 0 saturated carbocycles. The fourth-order valence-electron chi connectivity index (χ4n) is 0.185. The lowest BCUT2D eigenvalue weighted by Crippen LogP contribution is -2.22. The highest BCUT2D eigenvalue weighted by atomic mass is 19.4. The second kappa shape index (κ2) is 3.90. The largest absolute Gasteiger partial charge is 0.473 e. The molecule has 0 radical (unpaired) electrons. The van der Waals surface area contributed by atoms with Crippen molar-refractivity contribution < 1.29 is 37.6 Å². The maximum atomic E-state index is 11.2. The number of carboxylic acid groups (broad SMARTS) is 1. The minimum Gasteiger partial charge on any atom is -0.473 e. The summed E-state index contributed by atoms with van der Waals surface area (Å²) >= 11 is 0. The number of carbonyl (C=O) groups is 2. The van der Waals surface area contributed by atoms with Crippen molar-refractivity contribution in [2.75, 3.05) is 6.61 Å². The van der Waals surface area contributed by atoms with Crippen molar-refractivity contribution >= 4 is 11.9 Å². The summed E-state index contributed by atoms with van der Waals surface area (Å²) in [7, 11) is 0. The van der Waals surface area contributed by atoms with E-state index in [9.17, 15) is 22.8 Å².